The number of aliphatic hydroxyl groups is 1. The molecule has 4 nitrogen and oxygen atoms in total. The first-order valence-corrected chi connectivity index (χ1v) is 6.44. The van der Waals surface area contributed by atoms with E-state index in [-0.39, 0.29) is 0 Å². The van der Waals surface area contributed by atoms with Crippen molar-refractivity contribution in [1.82, 2.24) is 4.98 Å². The second-order valence-electron chi connectivity index (χ2n) is 4.47. The number of carbonyl (C=O) groups is 1. The second kappa shape index (κ2) is 4.51. The molecular formula is C11H16N2O2S. The summed E-state index contributed by atoms with van der Waals surface area (Å²) >= 11 is 1.25. The largest absolute Gasteiger partial charge is 0.389 e. The first-order valence-electron chi connectivity index (χ1n) is 5.56. The van der Waals surface area contributed by atoms with Gasteiger partial charge in [0.2, 0.25) is 0 Å². The van der Waals surface area contributed by atoms with E-state index in [9.17, 15) is 9.90 Å². The highest BCUT2D eigenvalue weighted by atomic mass is 32.1. The van der Waals surface area contributed by atoms with Gasteiger partial charge in [0, 0.05) is 11.8 Å². The molecule has 5 heteroatoms. The van der Waals surface area contributed by atoms with Crippen molar-refractivity contribution in [3.63, 3.8) is 0 Å². The molecule has 1 aromatic rings. The summed E-state index contributed by atoms with van der Waals surface area (Å²) in [7, 11) is 0. The van der Waals surface area contributed by atoms with E-state index in [1.165, 1.54) is 17.8 Å². The highest BCUT2D eigenvalue weighted by Crippen LogP contribution is 2.31. The Hall–Kier alpha value is -0.940. The summed E-state index contributed by atoms with van der Waals surface area (Å²) in [6.45, 7) is 0. The smallest absolute Gasteiger partial charge is 0.277 e. The lowest BCUT2D eigenvalue weighted by Crippen LogP contribution is -2.33. The van der Waals surface area contributed by atoms with E-state index in [4.69, 9.17) is 5.73 Å². The van der Waals surface area contributed by atoms with Crippen LogP contribution in [0, 0.1) is 0 Å². The number of aromatic nitrogens is 1. The average molecular weight is 240 g/mol. The van der Waals surface area contributed by atoms with Gasteiger partial charge in [-0.15, -0.1) is 11.3 Å². The van der Waals surface area contributed by atoms with Crippen LogP contribution in [-0.4, -0.2) is 21.6 Å². The molecule has 1 fully saturated rings. The van der Waals surface area contributed by atoms with Crippen LogP contribution in [0.1, 0.15) is 47.6 Å². The number of rotatable bonds is 3. The van der Waals surface area contributed by atoms with E-state index < -0.39 is 11.5 Å². The van der Waals surface area contributed by atoms with Crippen molar-refractivity contribution in [3.8, 4) is 0 Å². The Morgan fingerprint density at radius 2 is 2.19 bits per heavy atom. The molecule has 1 saturated carbocycles. The van der Waals surface area contributed by atoms with Crippen LogP contribution in [0.4, 0.5) is 0 Å². The van der Waals surface area contributed by atoms with Gasteiger partial charge in [0.05, 0.1) is 11.3 Å². The maximum absolute atomic E-state index is 10.9. The minimum atomic E-state index is -0.624. The van der Waals surface area contributed by atoms with Crippen molar-refractivity contribution < 1.29 is 9.90 Å². The maximum atomic E-state index is 10.9. The zero-order chi connectivity index (χ0) is 11.6. The third-order valence-electron chi connectivity index (χ3n) is 3.06. The summed E-state index contributed by atoms with van der Waals surface area (Å²) in [5, 5.41) is 12.5. The summed E-state index contributed by atoms with van der Waals surface area (Å²) in [6.07, 6.45) is 5.54. The topological polar surface area (TPSA) is 76.2 Å². The predicted molar refractivity (Wildman–Crippen MR) is 62.4 cm³/mol. The molecule has 0 bridgehead atoms. The summed E-state index contributed by atoms with van der Waals surface area (Å²) in [4.78, 5) is 15.0. The SMILES string of the molecule is NC(=O)c1nc(CC2(O)CCCCC2)cs1. The van der Waals surface area contributed by atoms with Gasteiger partial charge >= 0.3 is 0 Å². The van der Waals surface area contributed by atoms with E-state index in [1.54, 1.807) is 0 Å². The van der Waals surface area contributed by atoms with Crippen LogP contribution in [0.15, 0.2) is 5.38 Å². The maximum Gasteiger partial charge on any atom is 0.277 e. The predicted octanol–water partition coefficient (Wildman–Crippen LogP) is 1.48. The van der Waals surface area contributed by atoms with Gasteiger partial charge in [0.25, 0.3) is 5.91 Å². The van der Waals surface area contributed by atoms with Crippen LogP contribution in [0.25, 0.3) is 0 Å². The lowest BCUT2D eigenvalue weighted by molar-refractivity contribution is 0.00375. The van der Waals surface area contributed by atoms with E-state index in [1.807, 2.05) is 5.38 Å². The van der Waals surface area contributed by atoms with E-state index in [2.05, 4.69) is 4.98 Å². The van der Waals surface area contributed by atoms with Crippen LogP contribution in [0.3, 0.4) is 0 Å². The quantitative estimate of drug-likeness (QED) is 0.840. The first kappa shape index (κ1) is 11.5. The van der Waals surface area contributed by atoms with Gasteiger partial charge in [-0.1, -0.05) is 19.3 Å². The Morgan fingerprint density at radius 1 is 1.50 bits per heavy atom. The Morgan fingerprint density at radius 3 is 2.75 bits per heavy atom. The van der Waals surface area contributed by atoms with Crippen LogP contribution < -0.4 is 5.73 Å². The molecule has 0 unspecified atom stereocenters. The van der Waals surface area contributed by atoms with E-state index in [0.29, 0.717) is 11.4 Å². The zero-order valence-corrected chi connectivity index (χ0v) is 9.92. The molecule has 1 amide bonds. The molecule has 0 aromatic carbocycles. The lowest BCUT2D eigenvalue weighted by Gasteiger charge is -2.31. The molecule has 3 N–H and O–H groups in total. The minimum absolute atomic E-state index is 0.328. The summed E-state index contributed by atoms with van der Waals surface area (Å²) in [6, 6.07) is 0. The minimum Gasteiger partial charge on any atom is -0.389 e. The standard InChI is InChI=1S/C11H16N2O2S/c12-9(14)10-13-8(7-16-10)6-11(15)4-2-1-3-5-11/h7,15H,1-6H2,(H2,12,14). The van der Waals surface area contributed by atoms with E-state index >= 15 is 0 Å². The molecule has 2 rings (SSSR count). The zero-order valence-electron chi connectivity index (χ0n) is 9.11. The number of hydrogen-bond acceptors (Lipinski definition) is 4. The van der Waals surface area contributed by atoms with Crippen molar-refractivity contribution >= 4 is 17.2 Å². The van der Waals surface area contributed by atoms with Gasteiger partial charge in [0.1, 0.15) is 0 Å². The molecule has 88 valence electrons. The number of carbonyl (C=O) groups excluding carboxylic acids is 1. The molecule has 1 heterocycles. The van der Waals surface area contributed by atoms with Gasteiger partial charge in [0.15, 0.2) is 5.01 Å². The number of hydrogen-bond donors (Lipinski definition) is 2. The number of nitrogens with zero attached hydrogens (tertiary/aromatic N) is 1. The Kier molecular flexibility index (Phi) is 3.25. The van der Waals surface area contributed by atoms with Crippen molar-refractivity contribution in [1.29, 1.82) is 0 Å². The van der Waals surface area contributed by atoms with Crippen molar-refractivity contribution in [2.24, 2.45) is 5.73 Å². The third kappa shape index (κ3) is 2.59. The monoisotopic (exact) mass is 240 g/mol. The molecule has 16 heavy (non-hydrogen) atoms. The second-order valence-corrected chi connectivity index (χ2v) is 5.33. The van der Waals surface area contributed by atoms with Crippen LogP contribution in [-0.2, 0) is 6.42 Å². The molecule has 0 aliphatic heterocycles. The van der Waals surface area contributed by atoms with Gasteiger partial charge < -0.3 is 10.8 Å². The Labute approximate surface area is 98.5 Å². The molecule has 0 saturated heterocycles. The molecule has 1 aromatic heterocycles. The van der Waals surface area contributed by atoms with Gasteiger partial charge in [-0.05, 0) is 12.8 Å². The highest BCUT2D eigenvalue weighted by Gasteiger charge is 2.30. The van der Waals surface area contributed by atoms with Crippen LogP contribution in [0.2, 0.25) is 0 Å². The number of nitrogens with two attached hydrogens (primary N) is 1. The van der Waals surface area contributed by atoms with Crippen molar-refractivity contribution in [3.05, 3.63) is 16.1 Å². The lowest BCUT2D eigenvalue weighted by atomic mass is 9.82. The van der Waals surface area contributed by atoms with E-state index in [0.717, 1.165) is 31.4 Å². The number of thiazole rings is 1. The molecule has 0 atom stereocenters. The van der Waals surface area contributed by atoms with Gasteiger partial charge in [-0.25, -0.2) is 4.98 Å². The average Bonchev–Trinajstić information content (AvgIpc) is 2.66. The molecule has 1 aliphatic rings. The van der Waals surface area contributed by atoms with Crippen molar-refractivity contribution in [2.75, 3.05) is 0 Å². The van der Waals surface area contributed by atoms with Gasteiger partial charge in [-0.2, -0.15) is 0 Å². The highest BCUT2D eigenvalue weighted by molar-refractivity contribution is 7.11. The number of primary amides is 1. The molecule has 0 radical (unpaired) electrons. The fraction of sp³-hybridized carbons (Fsp3) is 0.636. The van der Waals surface area contributed by atoms with Gasteiger partial charge in [-0.3, -0.25) is 4.79 Å². The molecular weight excluding hydrogens is 224 g/mol. The fourth-order valence-corrected chi connectivity index (χ4v) is 2.89. The fourth-order valence-electron chi connectivity index (χ4n) is 2.23. The van der Waals surface area contributed by atoms with Crippen molar-refractivity contribution in [2.45, 2.75) is 44.1 Å². The third-order valence-corrected chi connectivity index (χ3v) is 3.96. The summed E-state index contributed by atoms with van der Waals surface area (Å²) in [5.74, 6) is -0.494. The normalized spacial score (nSPS) is 19.6. The van der Waals surface area contributed by atoms with Crippen LogP contribution in [0.5, 0.6) is 0 Å². The Bertz CT molecular complexity index is 383. The Balaban J connectivity index is 2.04. The molecule has 0 spiro atoms. The number of amides is 1. The summed E-state index contributed by atoms with van der Waals surface area (Å²) < 4.78 is 0. The summed E-state index contributed by atoms with van der Waals surface area (Å²) in [5.41, 5.74) is 5.30. The van der Waals surface area contributed by atoms with Crippen LogP contribution >= 0.6 is 11.3 Å². The molecule has 1 aliphatic carbocycles. The first-order chi connectivity index (χ1) is 7.59.